The molecule has 120 valence electrons. The Labute approximate surface area is 145 Å². The topological polar surface area (TPSA) is 0 Å². The van der Waals surface area contributed by atoms with E-state index in [1.54, 1.807) is 11.1 Å². The molecule has 0 fully saturated rings. The summed E-state index contributed by atoms with van der Waals surface area (Å²) in [5.74, 6) is 2.84. The van der Waals surface area contributed by atoms with E-state index in [0.29, 0.717) is 17.8 Å². The molecule has 1 heteroatoms. The number of benzene rings is 1. The van der Waals surface area contributed by atoms with Gasteiger partial charge >= 0.3 is 0 Å². The van der Waals surface area contributed by atoms with Gasteiger partial charge in [-0.3, -0.25) is 0 Å². The van der Waals surface area contributed by atoms with Gasteiger partial charge in [0.15, 0.2) is 0 Å². The van der Waals surface area contributed by atoms with Crippen LogP contribution in [0.4, 0.5) is 0 Å². The Balaban J connectivity index is 1.78. The largest absolute Gasteiger partial charge is 0.126 e. The second kappa shape index (κ2) is 6.97. The third kappa shape index (κ3) is 3.26. The van der Waals surface area contributed by atoms with E-state index in [2.05, 4.69) is 82.3 Å². The second-order valence-corrected chi connectivity index (χ2v) is 7.79. The average Bonchev–Trinajstić information content (AvgIpc) is 2.78. The van der Waals surface area contributed by atoms with E-state index in [4.69, 9.17) is 0 Å². The van der Waals surface area contributed by atoms with Crippen molar-refractivity contribution in [1.82, 2.24) is 0 Å². The van der Waals surface area contributed by atoms with Crippen molar-refractivity contribution >= 4 is 11.8 Å². The first-order chi connectivity index (χ1) is 11.1. The zero-order valence-electron chi connectivity index (χ0n) is 14.5. The predicted molar refractivity (Wildman–Crippen MR) is 103 cm³/mol. The molecule has 3 unspecified atom stereocenters. The highest BCUT2D eigenvalue weighted by atomic mass is 32.2. The summed E-state index contributed by atoms with van der Waals surface area (Å²) in [7, 11) is 0. The van der Waals surface area contributed by atoms with Gasteiger partial charge in [-0.25, -0.2) is 0 Å². The third-order valence-electron chi connectivity index (χ3n) is 5.50. The Morgan fingerprint density at radius 3 is 2.26 bits per heavy atom. The zero-order valence-corrected chi connectivity index (χ0v) is 15.4. The van der Waals surface area contributed by atoms with Crippen molar-refractivity contribution in [3.8, 4) is 0 Å². The summed E-state index contributed by atoms with van der Waals surface area (Å²) in [6.45, 7) is 9.26. The van der Waals surface area contributed by atoms with E-state index in [1.807, 2.05) is 11.8 Å². The number of hydrogen-bond donors (Lipinski definition) is 0. The standard InChI is InChI=1S/C22H26S/c1-15-16(2)18(4)22(17(15)3)21-13-9-8-10-19(21)14-23-20-11-6-5-7-12-20/h5-13,17,19,21H,14H2,1-4H3. The van der Waals surface area contributed by atoms with Crippen LogP contribution in [0, 0.1) is 17.8 Å². The van der Waals surface area contributed by atoms with Gasteiger partial charge in [-0.1, -0.05) is 60.6 Å². The number of thioether (sulfide) groups is 1. The molecule has 2 aliphatic rings. The first kappa shape index (κ1) is 16.4. The first-order valence-electron chi connectivity index (χ1n) is 8.51. The van der Waals surface area contributed by atoms with Crippen LogP contribution in [0.1, 0.15) is 27.7 Å². The highest BCUT2D eigenvalue weighted by Gasteiger charge is 2.32. The van der Waals surface area contributed by atoms with Crippen LogP contribution >= 0.6 is 11.8 Å². The van der Waals surface area contributed by atoms with Crippen molar-refractivity contribution in [3.63, 3.8) is 0 Å². The van der Waals surface area contributed by atoms with E-state index in [0.717, 1.165) is 5.75 Å². The second-order valence-electron chi connectivity index (χ2n) is 6.69. The summed E-state index contributed by atoms with van der Waals surface area (Å²) >= 11 is 1.97. The molecule has 1 aromatic carbocycles. The van der Waals surface area contributed by atoms with E-state index in [-0.39, 0.29) is 0 Å². The maximum absolute atomic E-state index is 2.41. The Morgan fingerprint density at radius 1 is 0.913 bits per heavy atom. The van der Waals surface area contributed by atoms with Gasteiger partial charge in [0.1, 0.15) is 0 Å². The molecule has 23 heavy (non-hydrogen) atoms. The smallest absolute Gasteiger partial charge is 0.00721 e. The first-order valence-corrected chi connectivity index (χ1v) is 9.49. The fourth-order valence-corrected chi connectivity index (χ4v) is 4.84. The van der Waals surface area contributed by atoms with Gasteiger partial charge in [-0.15, -0.1) is 11.8 Å². The van der Waals surface area contributed by atoms with E-state index >= 15 is 0 Å². The normalized spacial score (nSPS) is 27.2. The van der Waals surface area contributed by atoms with Crippen molar-refractivity contribution in [2.45, 2.75) is 32.6 Å². The van der Waals surface area contributed by atoms with Gasteiger partial charge in [0.2, 0.25) is 0 Å². The summed E-state index contributed by atoms with van der Waals surface area (Å²) in [6.07, 6.45) is 9.26. The summed E-state index contributed by atoms with van der Waals surface area (Å²) < 4.78 is 0. The molecule has 0 nitrogen and oxygen atoms in total. The monoisotopic (exact) mass is 322 g/mol. The van der Waals surface area contributed by atoms with Crippen molar-refractivity contribution in [2.75, 3.05) is 5.75 Å². The third-order valence-corrected chi connectivity index (χ3v) is 6.65. The summed E-state index contributed by atoms with van der Waals surface area (Å²) in [5, 5.41) is 0. The van der Waals surface area contributed by atoms with Crippen molar-refractivity contribution in [2.24, 2.45) is 17.8 Å². The predicted octanol–water partition coefficient (Wildman–Crippen LogP) is 6.44. The van der Waals surface area contributed by atoms with Crippen molar-refractivity contribution < 1.29 is 0 Å². The van der Waals surface area contributed by atoms with Crippen LogP contribution in [0.3, 0.4) is 0 Å². The molecule has 0 N–H and O–H groups in total. The SMILES string of the molecule is CC1=C(C)C(C)C(C2C=CC=CC2CSc2ccccc2)=C1C. The summed E-state index contributed by atoms with van der Waals surface area (Å²) in [6, 6.07) is 10.8. The van der Waals surface area contributed by atoms with Crippen LogP contribution in [0.15, 0.2) is 81.8 Å². The molecule has 0 amide bonds. The molecular formula is C22H26S. The van der Waals surface area contributed by atoms with Gasteiger partial charge in [0.25, 0.3) is 0 Å². The fraction of sp³-hybridized carbons (Fsp3) is 0.364. The number of hydrogen-bond acceptors (Lipinski definition) is 1. The molecule has 2 aliphatic carbocycles. The summed E-state index contributed by atoms with van der Waals surface area (Å²) in [5.41, 5.74) is 6.22. The van der Waals surface area contributed by atoms with Crippen LogP contribution in [-0.4, -0.2) is 5.75 Å². The van der Waals surface area contributed by atoms with Crippen molar-refractivity contribution in [1.29, 1.82) is 0 Å². The van der Waals surface area contributed by atoms with Crippen LogP contribution in [-0.2, 0) is 0 Å². The quantitative estimate of drug-likeness (QED) is 0.575. The molecule has 0 aromatic heterocycles. The number of allylic oxidation sites excluding steroid dienone is 8. The van der Waals surface area contributed by atoms with Crippen LogP contribution < -0.4 is 0 Å². The molecule has 0 bridgehead atoms. The van der Waals surface area contributed by atoms with Crippen molar-refractivity contribution in [3.05, 3.63) is 76.9 Å². The maximum atomic E-state index is 2.41. The minimum absolute atomic E-state index is 0.540. The lowest BCUT2D eigenvalue weighted by Gasteiger charge is -2.29. The molecule has 3 atom stereocenters. The Bertz CT molecular complexity index is 688. The lowest BCUT2D eigenvalue weighted by Crippen LogP contribution is -2.20. The van der Waals surface area contributed by atoms with Gasteiger partial charge in [-0.05, 0) is 55.9 Å². The highest BCUT2D eigenvalue weighted by molar-refractivity contribution is 7.99. The zero-order chi connectivity index (χ0) is 16.4. The lowest BCUT2D eigenvalue weighted by atomic mass is 9.78. The molecular weight excluding hydrogens is 296 g/mol. The van der Waals surface area contributed by atoms with Gasteiger partial charge in [-0.2, -0.15) is 0 Å². The Morgan fingerprint density at radius 2 is 1.61 bits per heavy atom. The van der Waals surface area contributed by atoms with Crippen LogP contribution in [0.5, 0.6) is 0 Å². The fourth-order valence-electron chi connectivity index (χ4n) is 3.79. The van der Waals surface area contributed by atoms with Gasteiger partial charge in [0, 0.05) is 16.6 Å². The molecule has 0 heterocycles. The summed E-state index contributed by atoms with van der Waals surface area (Å²) in [4.78, 5) is 1.37. The average molecular weight is 323 g/mol. The van der Waals surface area contributed by atoms with Crippen LogP contribution in [0.2, 0.25) is 0 Å². The molecule has 0 aliphatic heterocycles. The van der Waals surface area contributed by atoms with E-state index in [9.17, 15) is 0 Å². The number of rotatable bonds is 4. The Kier molecular flexibility index (Phi) is 4.96. The maximum Gasteiger partial charge on any atom is 0.00721 e. The molecule has 0 saturated heterocycles. The minimum atomic E-state index is 0.540. The van der Waals surface area contributed by atoms with E-state index < -0.39 is 0 Å². The molecule has 0 radical (unpaired) electrons. The highest BCUT2D eigenvalue weighted by Crippen LogP contribution is 2.45. The van der Waals surface area contributed by atoms with Crippen LogP contribution in [0.25, 0.3) is 0 Å². The molecule has 3 rings (SSSR count). The Hall–Kier alpha value is -1.47. The van der Waals surface area contributed by atoms with Gasteiger partial charge in [0.05, 0.1) is 0 Å². The van der Waals surface area contributed by atoms with E-state index in [1.165, 1.54) is 16.0 Å². The molecule has 0 saturated carbocycles. The molecule has 1 aromatic rings. The minimum Gasteiger partial charge on any atom is -0.126 e. The lowest BCUT2D eigenvalue weighted by molar-refractivity contribution is 0.538. The molecule has 0 spiro atoms. The van der Waals surface area contributed by atoms with Gasteiger partial charge < -0.3 is 0 Å².